The van der Waals surface area contributed by atoms with Crippen molar-refractivity contribution in [2.45, 2.75) is 19.1 Å². The van der Waals surface area contributed by atoms with Gasteiger partial charge in [0.1, 0.15) is 0 Å². The highest BCUT2D eigenvalue weighted by Crippen LogP contribution is 2.10. The van der Waals surface area contributed by atoms with Crippen molar-refractivity contribution < 1.29 is 19.4 Å². The number of aliphatic hydroxyl groups is 1. The highest BCUT2D eigenvalue weighted by molar-refractivity contribution is 5.95. The van der Waals surface area contributed by atoms with Gasteiger partial charge in [0, 0.05) is 19.1 Å². The third-order valence-electron chi connectivity index (χ3n) is 2.84. The van der Waals surface area contributed by atoms with E-state index in [4.69, 9.17) is 9.84 Å². The maximum Gasteiger partial charge on any atom is 0.321 e. The van der Waals surface area contributed by atoms with E-state index in [0.717, 1.165) is 0 Å². The Morgan fingerprint density at radius 1 is 1.58 bits per heavy atom. The van der Waals surface area contributed by atoms with Gasteiger partial charge in [-0.2, -0.15) is 0 Å². The molecule has 0 bridgehead atoms. The van der Waals surface area contributed by atoms with E-state index in [1.807, 2.05) is 11.8 Å². The molecule has 7 heteroatoms. The summed E-state index contributed by atoms with van der Waals surface area (Å²) in [6, 6.07) is -0.464. The lowest BCUT2D eigenvalue weighted by molar-refractivity contribution is -0.126. The number of imide groups is 1. The van der Waals surface area contributed by atoms with Crippen LogP contribution in [0.5, 0.6) is 0 Å². The number of nitrogens with one attached hydrogen (secondary N) is 2. The van der Waals surface area contributed by atoms with Crippen molar-refractivity contribution in [3.8, 4) is 0 Å². The maximum atomic E-state index is 11.7. The molecular weight excluding hydrogens is 250 g/mol. The van der Waals surface area contributed by atoms with E-state index in [2.05, 4.69) is 17.2 Å². The number of carbonyl (C=O) groups is 2. The van der Waals surface area contributed by atoms with Crippen molar-refractivity contribution in [2.75, 3.05) is 32.8 Å². The Labute approximate surface area is 112 Å². The number of carbonyl (C=O) groups excluding carboxylic acids is 2. The normalized spacial score (nSPS) is 23.7. The number of hydrogen-bond donors (Lipinski definition) is 3. The van der Waals surface area contributed by atoms with E-state index in [1.165, 1.54) is 6.08 Å². The fraction of sp³-hybridized carbons (Fsp3) is 0.667. The molecule has 3 N–H and O–H groups in total. The van der Waals surface area contributed by atoms with Crippen LogP contribution in [0.25, 0.3) is 0 Å². The van der Waals surface area contributed by atoms with Gasteiger partial charge < -0.3 is 15.2 Å². The van der Waals surface area contributed by atoms with Crippen LogP contribution in [-0.2, 0) is 9.53 Å². The molecule has 108 valence electrons. The first kappa shape index (κ1) is 15.6. The highest BCUT2D eigenvalue weighted by Gasteiger charge is 2.27. The Kier molecular flexibility index (Phi) is 6.48. The summed E-state index contributed by atoms with van der Waals surface area (Å²) in [5, 5.41) is 13.7. The molecule has 0 spiro atoms. The van der Waals surface area contributed by atoms with Crippen molar-refractivity contribution >= 4 is 11.9 Å². The topological polar surface area (TPSA) is 90.9 Å². The monoisotopic (exact) mass is 271 g/mol. The number of hydrogen-bond acceptors (Lipinski definition) is 5. The number of ether oxygens (including phenoxy) is 1. The van der Waals surface area contributed by atoms with Crippen LogP contribution in [0.2, 0.25) is 0 Å². The summed E-state index contributed by atoms with van der Waals surface area (Å²) in [5.74, 6) is -0.382. The van der Waals surface area contributed by atoms with Gasteiger partial charge in [-0.1, -0.05) is 6.08 Å². The van der Waals surface area contributed by atoms with Crippen molar-refractivity contribution in [2.24, 2.45) is 0 Å². The quantitative estimate of drug-likeness (QED) is 0.563. The predicted octanol–water partition coefficient (Wildman–Crippen LogP) is -0.920. The van der Waals surface area contributed by atoms with Crippen LogP contribution in [0.1, 0.15) is 6.92 Å². The minimum absolute atomic E-state index is 0.0739. The second kappa shape index (κ2) is 7.88. The Hall–Kier alpha value is -1.44. The van der Waals surface area contributed by atoms with Crippen molar-refractivity contribution in [1.82, 2.24) is 15.5 Å². The van der Waals surface area contributed by atoms with Crippen LogP contribution in [0.3, 0.4) is 0 Å². The lowest BCUT2D eigenvalue weighted by Crippen LogP contribution is -2.53. The SMILES string of the molecule is C=CCNC(=O)NC(=O)CN1CC(CO)OCC1C. The molecule has 1 fully saturated rings. The molecular formula is C12H21N3O4. The van der Waals surface area contributed by atoms with Crippen LogP contribution in [0.15, 0.2) is 12.7 Å². The van der Waals surface area contributed by atoms with Crippen molar-refractivity contribution in [1.29, 1.82) is 0 Å². The smallest absolute Gasteiger partial charge is 0.321 e. The summed E-state index contributed by atoms with van der Waals surface area (Å²) >= 11 is 0. The zero-order valence-corrected chi connectivity index (χ0v) is 11.1. The Morgan fingerprint density at radius 2 is 2.32 bits per heavy atom. The number of aliphatic hydroxyl groups excluding tert-OH is 1. The molecule has 0 aliphatic carbocycles. The molecule has 7 nitrogen and oxygen atoms in total. The van der Waals surface area contributed by atoms with Crippen LogP contribution in [-0.4, -0.2) is 66.9 Å². The molecule has 0 radical (unpaired) electrons. The van der Waals surface area contributed by atoms with E-state index >= 15 is 0 Å². The minimum Gasteiger partial charge on any atom is -0.394 e. The average molecular weight is 271 g/mol. The zero-order chi connectivity index (χ0) is 14.3. The molecule has 0 aromatic carbocycles. The molecule has 1 rings (SSSR count). The van der Waals surface area contributed by atoms with Gasteiger partial charge in [0.25, 0.3) is 0 Å². The Balaban J connectivity index is 2.37. The molecule has 2 unspecified atom stereocenters. The first-order valence-corrected chi connectivity index (χ1v) is 6.22. The molecule has 1 aliphatic rings. The standard InChI is InChI=1S/C12H21N3O4/c1-3-4-13-12(18)14-11(17)6-15-5-10(7-16)19-8-9(15)2/h3,9-10,16H,1,4-8H2,2H3,(H2,13,14,17,18). The third-order valence-corrected chi connectivity index (χ3v) is 2.84. The van der Waals surface area contributed by atoms with Crippen molar-refractivity contribution in [3.63, 3.8) is 0 Å². The highest BCUT2D eigenvalue weighted by atomic mass is 16.5. The molecule has 19 heavy (non-hydrogen) atoms. The largest absolute Gasteiger partial charge is 0.394 e. The summed E-state index contributed by atoms with van der Waals surface area (Å²) < 4.78 is 5.37. The fourth-order valence-electron chi connectivity index (χ4n) is 1.77. The van der Waals surface area contributed by atoms with Gasteiger partial charge in [0.2, 0.25) is 5.91 Å². The van der Waals surface area contributed by atoms with Crippen LogP contribution >= 0.6 is 0 Å². The summed E-state index contributed by atoms with van der Waals surface area (Å²) in [5.41, 5.74) is 0. The third kappa shape index (κ3) is 5.37. The van der Waals surface area contributed by atoms with Crippen LogP contribution < -0.4 is 10.6 Å². The molecule has 2 atom stereocenters. The van der Waals surface area contributed by atoms with Gasteiger partial charge in [-0.05, 0) is 6.92 Å². The number of rotatable bonds is 5. The number of nitrogens with zero attached hydrogens (tertiary/aromatic N) is 1. The second-order valence-corrected chi connectivity index (χ2v) is 4.46. The Morgan fingerprint density at radius 3 is 2.95 bits per heavy atom. The second-order valence-electron chi connectivity index (χ2n) is 4.46. The van der Waals surface area contributed by atoms with Gasteiger partial charge in [-0.3, -0.25) is 15.0 Å². The molecule has 3 amide bonds. The van der Waals surface area contributed by atoms with Gasteiger partial charge in [0.15, 0.2) is 0 Å². The van der Waals surface area contributed by atoms with E-state index in [0.29, 0.717) is 19.7 Å². The summed E-state index contributed by atoms with van der Waals surface area (Å²) in [6.07, 6.45) is 1.25. The van der Waals surface area contributed by atoms with E-state index in [1.54, 1.807) is 0 Å². The summed E-state index contributed by atoms with van der Waals surface area (Å²) in [6.45, 7) is 6.65. The number of urea groups is 1. The maximum absolute atomic E-state index is 11.7. The Bertz CT molecular complexity index is 335. The predicted molar refractivity (Wildman–Crippen MR) is 69.6 cm³/mol. The van der Waals surface area contributed by atoms with Gasteiger partial charge in [-0.15, -0.1) is 6.58 Å². The van der Waals surface area contributed by atoms with Gasteiger partial charge >= 0.3 is 6.03 Å². The lowest BCUT2D eigenvalue weighted by Gasteiger charge is -2.36. The minimum atomic E-state index is -0.537. The van der Waals surface area contributed by atoms with Gasteiger partial charge in [0.05, 0.1) is 25.9 Å². The van der Waals surface area contributed by atoms with E-state index in [9.17, 15) is 9.59 Å². The fourth-order valence-corrected chi connectivity index (χ4v) is 1.77. The number of amides is 3. The molecule has 1 aliphatic heterocycles. The summed E-state index contributed by atoms with van der Waals surface area (Å²) in [4.78, 5) is 24.8. The summed E-state index contributed by atoms with van der Waals surface area (Å²) in [7, 11) is 0. The lowest BCUT2D eigenvalue weighted by atomic mass is 10.2. The van der Waals surface area contributed by atoms with E-state index < -0.39 is 6.03 Å². The molecule has 0 aromatic heterocycles. The van der Waals surface area contributed by atoms with Crippen LogP contribution in [0.4, 0.5) is 4.79 Å². The first-order valence-electron chi connectivity index (χ1n) is 6.22. The van der Waals surface area contributed by atoms with Gasteiger partial charge in [-0.25, -0.2) is 4.79 Å². The average Bonchev–Trinajstić information content (AvgIpc) is 2.38. The molecule has 0 aromatic rings. The van der Waals surface area contributed by atoms with E-state index in [-0.39, 0.29) is 31.2 Å². The van der Waals surface area contributed by atoms with Crippen LogP contribution in [0, 0.1) is 0 Å². The van der Waals surface area contributed by atoms with Crippen molar-refractivity contribution in [3.05, 3.63) is 12.7 Å². The molecule has 1 heterocycles. The zero-order valence-electron chi connectivity index (χ0n) is 11.1. The molecule has 1 saturated heterocycles. The first-order chi connectivity index (χ1) is 9.06. The number of morpholine rings is 1. The molecule has 0 saturated carbocycles.